The van der Waals surface area contributed by atoms with Crippen LogP contribution in [0.25, 0.3) is 0 Å². The van der Waals surface area contributed by atoms with Gasteiger partial charge in [-0.25, -0.2) is 0 Å². The second kappa shape index (κ2) is 8.12. The minimum atomic E-state index is -0.234. The van der Waals surface area contributed by atoms with Crippen LogP contribution < -0.4 is 11.1 Å². The maximum absolute atomic E-state index is 11.0. The number of rotatable bonds is 8. The lowest BCUT2D eigenvalue weighted by molar-refractivity contribution is -0.120. The van der Waals surface area contributed by atoms with E-state index in [2.05, 4.69) is 26.1 Å². The van der Waals surface area contributed by atoms with E-state index in [0.29, 0.717) is 5.25 Å². The van der Waals surface area contributed by atoms with Gasteiger partial charge in [-0.1, -0.05) is 20.8 Å². The van der Waals surface area contributed by atoms with Crippen LogP contribution >= 0.6 is 11.8 Å². The lowest BCUT2D eigenvalue weighted by atomic mass is 10.2. The SMILES string of the molecule is CCCNC(CCSC(C)C)C(N)=O. The number of nitrogens with two attached hydrogens (primary N) is 1. The van der Waals surface area contributed by atoms with Gasteiger partial charge in [-0.2, -0.15) is 11.8 Å². The summed E-state index contributed by atoms with van der Waals surface area (Å²) in [6, 6.07) is -0.152. The van der Waals surface area contributed by atoms with Crippen LogP contribution in [0.2, 0.25) is 0 Å². The van der Waals surface area contributed by atoms with Gasteiger partial charge < -0.3 is 11.1 Å². The van der Waals surface area contributed by atoms with Crippen LogP contribution in [0.1, 0.15) is 33.6 Å². The third-order valence-electron chi connectivity index (χ3n) is 1.84. The van der Waals surface area contributed by atoms with Gasteiger partial charge in [-0.05, 0) is 30.4 Å². The second-order valence-corrected chi connectivity index (χ2v) is 5.30. The molecule has 0 aromatic carbocycles. The molecule has 0 saturated heterocycles. The Morgan fingerprint density at radius 2 is 2.14 bits per heavy atom. The Hall–Kier alpha value is -0.220. The molecule has 0 aliphatic rings. The van der Waals surface area contributed by atoms with Crippen molar-refractivity contribution in [1.82, 2.24) is 5.32 Å². The highest BCUT2D eigenvalue weighted by atomic mass is 32.2. The van der Waals surface area contributed by atoms with Crippen molar-refractivity contribution in [3.63, 3.8) is 0 Å². The van der Waals surface area contributed by atoms with Crippen LogP contribution in [0.15, 0.2) is 0 Å². The molecule has 3 nitrogen and oxygen atoms in total. The van der Waals surface area contributed by atoms with Gasteiger partial charge in [0.1, 0.15) is 0 Å². The topological polar surface area (TPSA) is 55.1 Å². The average Bonchev–Trinajstić information content (AvgIpc) is 2.09. The number of nitrogens with one attached hydrogen (secondary N) is 1. The number of hydrogen-bond donors (Lipinski definition) is 2. The minimum Gasteiger partial charge on any atom is -0.368 e. The van der Waals surface area contributed by atoms with Crippen molar-refractivity contribution in [2.75, 3.05) is 12.3 Å². The molecule has 1 unspecified atom stereocenters. The highest BCUT2D eigenvalue weighted by molar-refractivity contribution is 7.99. The predicted molar refractivity (Wildman–Crippen MR) is 63.5 cm³/mol. The van der Waals surface area contributed by atoms with Crippen molar-refractivity contribution in [3.8, 4) is 0 Å². The molecule has 1 atom stereocenters. The van der Waals surface area contributed by atoms with Crippen LogP contribution in [0.3, 0.4) is 0 Å². The molecule has 0 spiro atoms. The Morgan fingerprint density at radius 1 is 1.50 bits per heavy atom. The first-order valence-electron chi connectivity index (χ1n) is 5.22. The minimum absolute atomic E-state index is 0.152. The number of thioether (sulfide) groups is 1. The molecule has 0 aliphatic carbocycles. The van der Waals surface area contributed by atoms with E-state index in [1.807, 2.05) is 11.8 Å². The molecule has 0 aromatic rings. The van der Waals surface area contributed by atoms with E-state index in [9.17, 15) is 4.79 Å². The van der Waals surface area contributed by atoms with Crippen molar-refractivity contribution in [1.29, 1.82) is 0 Å². The summed E-state index contributed by atoms with van der Waals surface area (Å²) < 4.78 is 0. The first-order chi connectivity index (χ1) is 6.57. The third kappa shape index (κ3) is 7.21. The fourth-order valence-electron chi connectivity index (χ4n) is 1.09. The zero-order valence-corrected chi connectivity index (χ0v) is 10.2. The molecule has 0 bridgehead atoms. The van der Waals surface area contributed by atoms with Crippen LogP contribution in [0.5, 0.6) is 0 Å². The maximum atomic E-state index is 11.0. The zero-order valence-electron chi connectivity index (χ0n) is 9.38. The Morgan fingerprint density at radius 3 is 2.57 bits per heavy atom. The summed E-state index contributed by atoms with van der Waals surface area (Å²) in [5.74, 6) is 0.755. The number of amides is 1. The van der Waals surface area contributed by atoms with Gasteiger partial charge in [0.15, 0.2) is 0 Å². The second-order valence-electron chi connectivity index (χ2n) is 3.62. The van der Waals surface area contributed by atoms with Crippen molar-refractivity contribution in [3.05, 3.63) is 0 Å². The molecule has 4 heteroatoms. The number of primary amides is 1. The van der Waals surface area contributed by atoms with Gasteiger partial charge >= 0.3 is 0 Å². The molecular formula is C10H22N2OS. The van der Waals surface area contributed by atoms with Crippen molar-refractivity contribution in [2.45, 2.75) is 44.9 Å². The molecule has 0 rings (SSSR count). The standard InChI is InChI=1S/C10H22N2OS/c1-4-6-12-9(10(11)13)5-7-14-8(2)3/h8-9,12H,4-7H2,1-3H3,(H2,11,13). The maximum Gasteiger partial charge on any atom is 0.234 e. The molecule has 3 N–H and O–H groups in total. The summed E-state index contributed by atoms with van der Waals surface area (Å²) in [6.07, 6.45) is 1.86. The largest absolute Gasteiger partial charge is 0.368 e. The number of hydrogen-bond acceptors (Lipinski definition) is 3. The van der Waals surface area contributed by atoms with E-state index in [4.69, 9.17) is 5.73 Å². The van der Waals surface area contributed by atoms with Crippen molar-refractivity contribution < 1.29 is 4.79 Å². The zero-order chi connectivity index (χ0) is 11.0. The van der Waals surface area contributed by atoms with Gasteiger partial charge in [-0.15, -0.1) is 0 Å². The normalized spacial score (nSPS) is 13.1. The van der Waals surface area contributed by atoms with E-state index >= 15 is 0 Å². The fraction of sp³-hybridized carbons (Fsp3) is 0.900. The monoisotopic (exact) mass is 218 g/mol. The first kappa shape index (κ1) is 13.8. The molecule has 84 valence electrons. The summed E-state index contributed by atoms with van der Waals surface area (Å²) in [5, 5.41) is 3.77. The number of carbonyl (C=O) groups is 1. The summed E-state index contributed by atoms with van der Waals surface area (Å²) in [7, 11) is 0. The lowest BCUT2D eigenvalue weighted by Gasteiger charge is -2.15. The first-order valence-corrected chi connectivity index (χ1v) is 6.27. The molecule has 0 heterocycles. The summed E-state index contributed by atoms with van der Waals surface area (Å²) >= 11 is 1.86. The van der Waals surface area contributed by atoms with Crippen LogP contribution in [-0.4, -0.2) is 29.5 Å². The third-order valence-corrected chi connectivity index (χ3v) is 2.98. The van der Waals surface area contributed by atoms with E-state index < -0.39 is 0 Å². The molecule has 0 fully saturated rings. The summed E-state index contributed by atoms with van der Waals surface area (Å²) in [4.78, 5) is 11.0. The Balaban J connectivity index is 3.68. The van der Waals surface area contributed by atoms with E-state index in [1.165, 1.54) is 0 Å². The smallest absolute Gasteiger partial charge is 0.234 e. The van der Waals surface area contributed by atoms with Crippen LogP contribution in [0, 0.1) is 0 Å². The Kier molecular flexibility index (Phi) is 7.99. The summed E-state index contributed by atoms with van der Waals surface area (Å²) in [5.41, 5.74) is 5.28. The van der Waals surface area contributed by atoms with E-state index in [-0.39, 0.29) is 11.9 Å². The molecule has 14 heavy (non-hydrogen) atoms. The summed E-state index contributed by atoms with van der Waals surface area (Å²) in [6.45, 7) is 7.25. The van der Waals surface area contributed by atoms with Gasteiger partial charge in [0.25, 0.3) is 0 Å². The quantitative estimate of drug-likeness (QED) is 0.647. The van der Waals surface area contributed by atoms with Gasteiger partial charge in [0, 0.05) is 0 Å². The fourth-order valence-corrected chi connectivity index (χ4v) is 1.93. The highest BCUT2D eigenvalue weighted by Crippen LogP contribution is 2.11. The van der Waals surface area contributed by atoms with Gasteiger partial charge in [0.2, 0.25) is 5.91 Å². The molecule has 0 aliphatic heterocycles. The lowest BCUT2D eigenvalue weighted by Crippen LogP contribution is -2.42. The van der Waals surface area contributed by atoms with Crippen molar-refractivity contribution >= 4 is 17.7 Å². The van der Waals surface area contributed by atoms with Crippen LogP contribution in [0.4, 0.5) is 0 Å². The Bertz CT molecular complexity index is 162. The molecular weight excluding hydrogens is 196 g/mol. The number of carbonyl (C=O) groups excluding carboxylic acids is 1. The molecule has 1 amide bonds. The van der Waals surface area contributed by atoms with E-state index in [1.54, 1.807) is 0 Å². The van der Waals surface area contributed by atoms with Crippen molar-refractivity contribution in [2.24, 2.45) is 5.73 Å². The van der Waals surface area contributed by atoms with Gasteiger partial charge in [-0.3, -0.25) is 4.79 Å². The molecule has 0 aromatic heterocycles. The Labute approximate surface area is 91.2 Å². The predicted octanol–water partition coefficient (Wildman–Crippen LogP) is 1.37. The van der Waals surface area contributed by atoms with Crippen LogP contribution in [-0.2, 0) is 4.79 Å². The highest BCUT2D eigenvalue weighted by Gasteiger charge is 2.13. The van der Waals surface area contributed by atoms with Gasteiger partial charge in [0.05, 0.1) is 6.04 Å². The average molecular weight is 218 g/mol. The molecule has 0 radical (unpaired) electrons. The van der Waals surface area contributed by atoms with E-state index in [0.717, 1.165) is 25.1 Å². The molecule has 0 saturated carbocycles.